The fourth-order valence-electron chi connectivity index (χ4n) is 1.75. The van der Waals surface area contributed by atoms with Gasteiger partial charge in [-0.1, -0.05) is 17.7 Å². The maximum Gasteiger partial charge on any atom is 0.317 e. The normalized spacial score (nSPS) is 11.9. The highest BCUT2D eigenvalue weighted by Gasteiger charge is 2.11. The lowest BCUT2D eigenvalue weighted by Crippen LogP contribution is -2.38. The summed E-state index contributed by atoms with van der Waals surface area (Å²) in [5.74, 6) is 0.678. The van der Waals surface area contributed by atoms with Crippen LogP contribution in [-0.4, -0.2) is 42.3 Å². The number of urea groups is 1. The summed E-state index contributed by atoms with van der Waals surface area (Å²) in [6.07, 6.45) is 0.135. The summed E-state index contributed by atoms with van der Waals surface area (Å²) in [5, 5.41) is 12.6. The molecule has 1 aromatic rings. The first-order valence-electron chi connectivity index (χ1n) is 7.02. The number of amides is 2. The molecule has 1 aromatic carbocycles. The van der Waals surface area contributed by atoms with E-state index in [4.69, 9.17) is 16.3 Å². The molecule has 1 rings (SSSR count). The van der Waals surface area contributed by atoms with E-state index in [1.807, 2.05) is 13.0 Å². The van der Waals surface area contributed by atoms with Gasteiger partial charge in [-0.2, -0.15) is 0 Å². The van der Waals surface area contributed by atoms with Crippen molar-refractivity contribution in [1.82, 2.24) is 10.2 Å². The molecule has 0 bridgehead atoms. The van der Waals surface area contributed by atoms with Crippen LogP contribution in [0.3, 0.4) is 0 Å². The van der Waals surface area contributed by atoms with Crippen molar-refractivity contribution in [2.24, 2.45) is 0 Å². The van der Waals surface area contributed by atoms with Crippen LogP contribution < -0.4 is 10.1 Å². The van der Waals surface area contributed by atoms with Crippen LogP contribution in [0.2, 0.25) is 5.02 Å². The Morgan fingerprint density at radius 1 is 1.52 bits per heavy atom. The highest BCUT2D eigenvalue weighted by atomic mass is 35.5. The number of hydrogen-bond donors (Lipinski definition) is 2. The lowest BCUT2D eigenvalue weighted by molar-refractivity contribution is 0.163. The Balaban J connectivity index is 2.56. The quantitative estimate of drug-likeness (QED) is 0.813. The zero-order chi connectivity index (χ0) is 15.8. The first-order valence-corrected chi connectivity index (χ1v) is 7.40. The number of hydrogen-bond acceptors (Lipinski definition) is 3. The molecular formula is C15H23ClN2O3. The van der Waals surface area contributed by atoms with Crippen LogP contribution in [0.4, 0.5) is 4.79 Å². The van der Waals surface area contributed by atoms with E-state index in [1.165, 1.54) is 0 Å². The molecule has 1 unspecified atom stereocenters. The zero-order valence-corrected chi connectivity index (χ0v) is 13.5. The first-order chi connectivity index (χ1) is 9.93. The molecule has 6 heteroatoms. The Kier molecular flexibility index (Phi) is 7.32. The smallest absolute Gasteiger partial charge is 0.317 e. The fraction of sp³-hybridized carbons (Fsp3) is 0.533. The topological polar surface area (TPSA) is 61.8 Å². The number of aliphatic hydroxyl groups is 1. The van der Waals surface area contributed by atoms with Crippen molar-refractivity contribution >= 4 is 17.6 Å². The molecule has 118 valence electrons. The van der Waals surface area contributed by atoms with Gasteiger partial charge in [0, 0.05) is 30.7 Å². The second kappa shape index (κ2) is 8.74. The average molecular weight is 315 g/mol. The molecule has 0 aliphatic carbocycles. The van der Waals surface area contributed by atoms with E-state index in [1.54, 1.807) is 31.0 Å². The second-order valence-electron chi connectivity index (χ2n) is 4.90. The average Bonchev–Trinajstić information content (AvgIpc) is 2.43. The van der Waals surface area contributed by atoms with Gasteiger partial charge in [-0.25, -0.2) is 4.79 Å². The van der Waals surface area contributed by atoms with Gasteiger partial charge in [-0.05, 0) is 32.4 Å². The van der Waals surface area contributed by atoms with Crippen molar-refractivity contribution in [2.45, 2.75) is 32.9 Å². The van der Waals surface area contributed by atoms with Crippen molar-refractivity contribution in [3.05, 3.63) is 28.8 Å². The molecule has 2 N–H and O–H groups in total. The summed E-state index contributed by atoms with van der Waals surface area (Å²) in [5.41, 5.74) is 0.874. The van der Waals surface area contributed by atoms with E-state index in [2.05, 4.69) is 5.32 Å². The Morgan fingerprint density at radius 3 is 2.86 bits per heavy atom. The molecular weight excluding hydrogens is 292 g/mol. The van der Waals surface area contributed by atoms with E-state index >= 15 is 0 Å². The van der Waals surface area contributed by atoms with Crippen molar-refractivity contribution in [2.75, 3.05) is 20.2 Å². The summed E-state index contributed by atoms with van der Waals surface area (Å²) in [7, 11) is 1.70. The third kappa shape index (κ3) is 6.23. The molecule has 0 aliphatic heterocycles. The predicted molar refractivity (Wildman–Crippen MR) is 83.8 cm³/mol. The number of benzene rings is 1. The van der Waals surface area contributed by atoms with Crippen LogP contribution >= 0.6 is 11.6 Å². The number of carbonyl (C=O) groups is 1. The standard InChI is InChI=1S/C15H23ClN2O3/c1-4-21-14-9-13(16)6-5-12(14)10-17-15(20)18(3)8-7-11(2)19/h5-6,9,11,19H,4,7-8,10H2,1-3H3,(H,17,20). The van der Waals surface area contributed by atoms with E-state index in [0.717, 1.165) is 5.56 Å². The van der Waals surface area contributed by atoms with E-state index < -0.39 is 6.10 Å². The molecule has 0 spiro atoms. The van der Waals surface area contributed by atoms with Gasteiger partial charge < -0.3 is 20.1 Å². The zero-order valence-electron chi connectivity index (χ0n) is 12.7. The first kappa shape index (κ1) is 17.6. The molecule has 0 saturated carbocycles. The molecule has 21 heavy (non-hydrogen) atoms. The van der Waals surface area contributed by atoms with E-state index in [9.17, 15) is 9.90 Å². The van der Waals surface area contributed by atoms with Crippen molar-refractivity contribution in [3.8, 4) is 5.75 Å². The Morgan fingerprint density at radius 2 is 2.24 bits per heavy atom. The van der Waals surface area contributed by atoms with Crippen molar-refractivity contribution < 1.29 is 14.6 Å². The summed E-state index contributed by atoms with van der Waals surface area (Å²) < 4.78 is 5.51. The molecule has 0 aliphatic rings. The number of halogens is 1. The highest BCUT2D eigenvalue weighted by Crippen LogP contribution is 2.23. The van der Waals surface area contributed by atoms with Gasteiger partial charge in [-0.15, -0.1) is 0 Å². The van der Waals surface area contributed by atoms with Crippen LogP contribution in [0.1, 0.15) is 25.8 Å². The van der Waals surface area contributed by atoms with Crippen LogP contribution in [0.15, 0.2) is 18.2 Å². The fourth-order valence-corrected chi connectivity index (χ4v) is 1.91. The lowest BCUT2D eigenvalue weighted by atomic mass is 10.2. The number of nitrogens with one attached hydrogen (secondary N) is 1. The van der Waals surface area contributed by atoms with Gasteiger partial charge in [-0.3, -0.25) is 0 Å². The number of rotatable bonds is 7. The molecule has 0 fully saturated rings. The maximum atomic E-state index is 11.9. The largest absolute Gasteiger partial charge is 0.493 e. The Labute approximate surface area is 130 Å². The molecule has 0 radical (unpaired) electrons. The van der Waals surface area contributed by atoms with Crippen LogP contribution in [0.5, 0.6) is 5.75 Å². The van der Waals surface area contributed by atoms with Gasteiger partial charge in [0.15, 0.2) is 0 Å². The third-order valence-corrected chi connectivity index (χ3v) is 3.22. The monoisotopic (exact) mass is 314 g/mol. The lowest BCUT2D eigenvalue weighted by Gasteiger charge is -2.19. The van der Waals surface area contributed by atoms with Crippen LogP contribution in [0, 0.1) is 0 Å². The molecule has 1 atom stereocenters. The van der Waals surface area contributed by atoms with Gasteiger partial charge in [0.1, 0.15) is 5.75 Å². The van der Waals surface area contributed by atoms with Crippen molar-refractivity contribution in [3.63, 3.8) is 0 Å². The summed E-state index contributed by atoms with van der Waals surface area (Å²) in [6.45, 7) is 5.00. The van der Waals surface area contributed by atoms with Gasteiger partial charge in [0.05, 0.1) is 12.7 Å². The van der Waals surface area contributed by atoms with Crippen LogP contribution in [-0.2, 0) is 6.54 Å². The number of ether oxygens (including phenoxy) is 1. The number of nitrogens with zero attached hydrogens (tertiary/aromatic N) is 1. The van der Waals surface area contributed by atoms with Crippen molar-refractivity contribution in [1.29, 1.82) is 0 Å². The van der Waals surface area contributed by atoms with Gasteiger partial charge in [0.25, 0.3) is 0 Å². The maximum absolute atomic E-state index is 11.9. The molecule has 0 heterocycles. The second-order valence-corrected chi connectivity index (χ2v) is 5.34. The SMILES string of the molecule is CCOc1cc(Cl)ccc1CNC(=O)N(C)CCC(C)O. The minimum atomic E-state index is -0.416. The van der Waals surface area contributed by atoms with E-state index in [0.29, 0.717) is 36.9 Å². The third-order valence-electron chi connectivity index (χ3n) is 2.99. The minimum absolute atomic E-state index is 0.187. The minimum Gasteiger partial charge on any atom is -0.493 e. The van der Waals surface area contributed by atoms with Gasteiger partial charge >= 0.3 is 6.03 Å². The summed E-state index contributed by atoms with van der Waals surface area (Å²) >= 11 is 5.94. The van der Waals surface area contributed by atoms with Gasteiger partial charge in [0.2, 0.25) is 0 Å². The summed E-state index contributed by atoms with van der Waals surface area (Å²) in [4.78, 5) is 13.5. The number of carbonyl (C=O) groups excluding carboxylic acids is 1. The van der Waals surface area contributed by atoms with E-state index in [-0.39, 0.29) is 6.03 Å². The molecule has 2 amide bonds. The molecule has 0 saturated heterocycles. The predicted octanol–water partition coefficient (Wildman–Crippen LogP) is 2.65. The number of aliphatic hydroxyl groups excluding tert-OH is 1. The van der Waals surface area contributed by atoms with Crippen LogP contribution in [0.25, 0.3) is 0 Å². The summed E-state index contributed by atoms with van der Waals surface area (Å²) in [6, 6.07) is 5.16. The molecule has 0 aromatic heterocycles. The highest BCUT2D eigenvalue weighted by molar-refractivity contribution is 6.30. The Bertz CT molecular complexity index is 466. The Hall–Kier alpha value is -1.46. The molecule has 5 nitrogen and oxygen atoms in total.